The van der Waals surface area contributed by atoms with Crippen molar-refractivity contribution < 1.29 is 23.9 Å². The summed E-state index contributed by atoms with van der Waals surface area (Å²) < 4.78 is 12.3. The topological polar surface area (TPSA) is 84.9 Å². The van der Waals surface area contributed by atoms with Crippen molar-refractivity contribution in [1.29, 1.82) is 0 Å². The van der Waals surface area contributed by atoms with Crippen LogP contribution in [-0.2, 0) is 16.1 Å². The first-order valence-corrected chi connectivity index (χ1v) is 13.3. The minimum Gasteiger partial charge on any atom is -0.490 e. The van der Waals surface area contributed by atoms with Crippen LogP contribution in [-0.4, -0.2) is 35.2 Å². The van der Waals surface area contributed by atoms with Gasteiger partial charge in [0.1, 0.15) is 0 Å². The third kappa shape index (κ3) is 7.15. The molecule has 0 saturated carbocycles. The number of nitrogens with one attached hydrogen (secondary N) is 1. The lowest BCUT2D eigenvalue weighted by Gasteiger charge is -2.13. The quantitative estimate of drug-likeness (QED) is 0.273. The fourth-order valence-corrected chi connectivity index (χ4v) is 4.66. The Labute approximate surface area is 231 Å². The number of amides is 3. The Morgan fingerprint density at radius 2 is 1.76 bits per heavy atom. The Morgan fingerprint density at radius 3 is 2.46 bits per heavy atom. The van der Waals surface area contributed by atoms with E-state index in [4.69, 9.17) is 21.1 Å². The van der Waals surface area contributed by atoms with E-state index in [0.29, 0.717) is 39.3 Å². The number of carbonyl (C=O) groups excluding carboxylic acids is 3. The second-order valence-corrected chi connectivity index (χ2v) is 10.2. The lowest BCUT2D eigenvalue weighted by Crippen LogP contribution is -2.27. The molecule has 1 fully saturated rings. The summed E-state index contributed by atoms with van der Waals surface area (Å²) in [5.41, 5.74) is 2.12. The smallest absolute Gasteiger partial charge is 0.293 e. The minimum absolute atomic E-state index is 0.199. The molecule has 3 aromatic carbocycles. The maximum absolute atomic E-state index is 12.9. The number of ether oxygens (including phenoxy) is 2. The Kier molecular flexibility index (Phi) is 8.91. The van der Waals surface area contributed by atoms with E-state index in [2.05, 4.69) is 21.2 Å². The number of anilines is 1. The molecule has 4 rings (SSSR count). The van der Waals surface area contributed by atoms with E-state index >= 15 is 0 Å². The van der Waals surface area contributed by atoms with Gasteiger partial charge in [-0.05, 0) is 84.4 Å². The SMILES string of the molecule is CCOc1cc(/C=C2\SC(=O)N(Cc3ccc(Br)cc3)C2=O)ccc1OCC(=O)Nc1ccc(Cl)cc1. The zero-order valence-electron chi connectivity index (χ0n) is 19.7. The number of nitrogens with zero attached hydrogens (tertiary/aromatic N) is 1. The van der Waals surface area contributed by atoms with Gasteiger partial charge < -0.3 is 14.8 Å². The molecule has 1 aliphatic rings. The predicted octanol–water partition coefficient (Wildman–Crippen LogP) is 6.76. The van der Waals surface area contributed by atoms with E-state index in [-0.39, 0.29) is 30.2 Å². The van der Waals surface area contributed by atoms with Crippen LogP contribution in [0, 0.1) is 0 Å². The monoisotopic (exact) mass is 600 g/mol. The Hall–Kier alpha value is -3.27. The van der Waals surface area contributed by atoms with Gasteiger partial charge in [0.25, 0.3) is 17.1 Å². The number of hydrogen-bond donors (Lipinski definition) is 1. The van der Waals surface area contributed by atoms with E-state index in [1.54, 1.807) is 48.5 Å². The molecular formula is C27H22BrClN2O5S. The fraction of sp³-hybridized carbons (Fsp3) is 0.148. The lowest BCUT2D eigenvalue weighted by molar-refractivity contribution is -0.123. The number of hydrogen-bond acceptors (Lipinski definition) is 6. The van der Waals surface area contributed by atoms with Gasteiger partial charge in [-0.2, -0.15) is 0 Å². The molecule has 0 atom stereocenters. The molecular weight excluding hydrogens is 580 g/mol. The summed E-state index contributed by atoms with van der Waals surface area (Å²) in [4.78, 5) is 39.2. The highest BCUT2D eigenvalue weighted by Gasteiger charge is 2.35. The third-order valence-electron chi connectivity index (χ3n) is 5.18. The summed E-state index contributed by atoms with van der Waals surface area (Å²) in [5, 5.41) is 2.98. The van der Waals surface area contributed by atoms with Crippen LogP contribution >= 0.6 is 39.3 Å². The number of carbonyl (C=O) groups is 3. The number of rotatable bonds is 9. The highest BCUT2D eigenvalue weighted by atomic mass is 79.9. The molecule has 3 amide bonds. The standard InChI is InChI=1S/C27H22BrClN2O5S/c1-2-35-23-13-18(5-12-22(23)36-16-25(32)30-21-10-8-20(29)9-11-21)14-24-26(33)31(27(34)37-24)15-17-3-6-19(28)7-4-17/h3-14H,2,15-16H2,1H3,(H,30,32)/b24-14-. The van der Waals surface area contributed by atoms with Crippen molar-refractivity contribution in [1.82, 2.24) is 4.90 Å². The van der Waals surface area contributed by atoms with Crippen molar-refractivity contribution in [3.05, 3.63) is 92.3 Å². The maximum Gasteiger partial charge on any atom is 0.293 e. The van der Waals surface area contributed by atoms with Crippen molar-refractivity contribution in [2.45, 2.75) is 13.5 Å². The molecule has 0 spiro atoms. The Balaban J connectivity index is 1.43. The van der Waals surface area contributed by atoms with Gasteiger partial charge in [0.2, 0.25) is 0 Å². The molecule has 0 aliphatic carbocycles. The summed E-state index contributed by atoms with van der Waals surface area (Å²) in [6, 6.07) is 19.3. The molecule has 1 aliphatic heterocycles. The van der Waals surface area contributed by atoms with E-state index < -0.39 is 0 Å². The molecule has 1 heterocycles. The molecule has 37 heavy (non-hydrogen) atoms. The molecule has 7 nitrogen and oxygen atoms in total. The molecule has 190 valence electrons. The van der Waals surface area contributed by atoms with Crippen LogP contribution in [0.25, 0.3) is 6.08 Å². The zero-order chi connectivity index (χ0) is 26.4. The van der Waals surface area contributed by atoms with Gasteiger partial charge in [-0.1, -0.05) is 45.7 Å². The van der Waals surface area contributed by atoms with Gasteiger partial charge in [-0.25, -0.2) is 0 Å². The van der Waals surface area contributed by atoms with Crippen molar-refractivity contribution >= 4 is 68.1 Å². The molecule has 0 unspecified atom stereocenters. The second kappa shape index (κ2) is 12.3. The highest BCUT2D eigenvalue weighted by Crippen LogP contribution is 2.35. The zero-order valence-corrected chi connectivity index (χ0v) is 22.9. The van der Waals surface area contributed by atoms with Gasteiger partial charge >= 0.3 is 0 Å². The number of imide groups is 1. The summed E-state index contributed by atoms with van der Waals surface area (Å²) >= 11 is 10.1. The van der Waals surface area contributed by atoms with Crippen LogP contribution in [0.2, 0.25) is 5.02 Å². The van der Waals surface area contributed by atoms with Crippen LogP contribution in [0.4, 0.5) is 10.5 Å². The number of thioether (sulfide) groups is 1. The normalized spacial score (nSPS) is 14.2. The summed E-state index contributed by atoms with van der Waals surface area (Å²) in [6.45, 7) is 2.18. The average Bonchev–Trinajstić information content (AvgIpc) is 3.13. The van der Waals surface area contributed by atoms with Gasteiger partial charge in [-0.3, -0.25) is 19.3 Å². The molecule has 0 bridgehead atoms. The highest BCUT2D eigenvalue weighted by molar-refractivity contribution is 9.10. The van der Waals surface area contributed by atoms with Crippen LogP contribution in [0.15, 0.2) is 76.1 Å². The van der Waals surface area contributed by atoms with Gasteiger partial charge in [0, 0.05) is 15.2 Å². The Morgan fingerprint density at radius 1 is 1.03 bits per heavy atom. The van der Waals surface area contributed by atoms with Crippen LogP contribution in [0.5, 0.6) is 11.5 Å². The van der Waals surface area contributed by atoms with Crippen LogP contribution in [0.3, 0.4) is 0 Å². The first-order chi connectivity index (χ1) is 17.8. The van der Waals surface area contributed by atoms with Crippen molar-refractivity contribution in [3.63, 3.8) is 0 Å². The molecule has 1 N–H and O–H groups in total. The summed E-state index contributed by atoms with van der Waals surface area (Å²) in [5.74, 6) is 0.113. The predicted molar refractivity (Wildman–Crippen MR) is 149 cm³/mol. The third-order valence-corrected chi connectivity index (χ3v) is 6.87. The summed E-state index contributed by atoms with van der Waals surface area (Å²) in [6.07, 6.45) is 1.64. The Bertz CT molecular complexity index is 1350. The molecule has 0 radical (unpaired) electrons. The molecule has 0 aromatic heterocycles. The van der Waals surface area contributed by atoms with Gasteiger partial charge in [0.15, 0.2) is 18.1 Å². The van der Waals surface area contributed by atoms with E-state index in [0.717, 1.165) is 21.8 Å². The van der Waals surface area contributed by atoms with Crippen molar-refractivity contribution in [2.75, 3.05) is 18.5 Å². The van der Waals surface area contributed by atoms with Crippen molar-refractivity contribution in [3.8, 4) is 11.5 Å². The lowest BCUT2D eigenvalue weighted by atomic mass is 10.1. The molecule has 1 saturated heterocycles. The largest absolute Gasteiger partial charge is 0.490 e. The molecule has 10 heteroatoms. The fourth-order valence-electron chi connectivity index (χ4n) is 3.44. The van der Waals surface area contributed by atoms with E-state index in [1.165, 1.54) is 4.90 Å². The second-order valence-electron chi connectivity index (χ2n) is 7.88. The summed E-state index contributed by atoms with van der Waals surface area (Å²) in [7, 11) is 0. The number of benzene rings is 3. The first kappa shape index (κ1) is 26.8. The first-order valence-electron chi connectivity index (χ1n) is 11.3. The van der Waals surface area contributed by atoms with Crippen LogP contribution in [0.1, 0.15) is 18.1 Å². The van der Waals surface area contributed by atoms with Gasteiger partial charge in [-0.15, -0.1) is 0 Å². The van der Waals surface area contributed by atoms with Crippen LogP contribution < -0.4 is 14.8 Å². The van der Waals surface area contributed by atoms with Gasteiger partial charge in [0.05, 0.1) is 18.1 Å². The van der Waals surface area contributed by atoms with E-state index in [1.807, 2.05) is 31.2 Å². The minimum atomic E-state index is -0.352. The maximum atomic E-state index is 12.9. The average molecular weight is 602 g/mol. The number of halogens is 2. The molecule has 3 aromatic rings. The van der Waals surface area contributed by atoms with E-state index in [9.17, 15) is 14.4 Å². The van der Waals surface area contributed by atoms with Crippen molar-refractivity contribution in [2.24, 2.45) is 0 Å².